The molecular weight excluding hydrogens is 420 g/mol. The van der Waals surface area contributed by atoms with E-state index in [2.05, 4.69) is 10.3 Å². The van der Waals surface area contributed by atoms with Crippen LogP contribution in [0.3, 0.4) is 0 Å². The first kappa shape index (κ1) is 21.1. The maximum absolute atomic E-state index is 12.8. The normalized spacial score (nSPS) is 17.6. The minimum atomic E-state index is -0.369. The molecule has 2 aliphatic rings. The van der Waals surface area contributed by atoms with Crippen LogP contribution in [0, 0.1) is 0 Å². The molecule has 0 spiro atoms. The molecule has 0 saturated carbocycles. The summed E-state index contributed by atoms with van der Waals surface area (Å²) in [6.07, 6.45) is 1.42. The molecule has 10 heteroatoms. The molecule has 1 fully saturated rings. The number of aromatic nitrogens is 1. The number of rotatable bonds is 7. The Bertz CT molecular complexity index is 1010. The Labute approximate surface area is 183 Å². The van der Waals surface area contributed by atoms with Gasteiger partial charge in [-0.15, -0.1) is 11.3 Å². The van der Waals surface area contributed by atoms with Gasteiger partial charge in [-0.1, -0.05) is 12.1 Å². The third kappa shape index (κ3) is 4.20. The van der Waals surface area contributed by atoms with E-state index in [-0.39, 0.29) is 30.4 Å². The third-order valence-corrected chi connectivity index (χ3v) is 6.39. The Morgan fingerprint density at radius 1 is 1.29 bits per heavy atom. The van der Waals surface area contributed by atoms with Crippen LogP contribution in [-0.2, 0) is 20.7 Å². The number of methoxy groups -OCH3 is 1. The van der Waals surface area contributed by atoms with Crippen LogP contribution in [-0.4, -0.2) is 61.1 Å². The van der Waals surface area contributed by atoms with Crippen LogP contribution in [0.2, 0.25) is 0 Å². The van der Waals surface area contributed by atoms with Crippen LogP contribution < -0.4 is 15.0 Å². The van der Waals surface area contributed by atoms with Crippen LogP contribution in [0.4, 0.5) is 15.6 Å². The highest BCUT2D eigenvalue weighted by atomic mass is 32.1. The fourth-order valence-corrected chi connectivity index (χ4v) is 4.95. The fourth-order valence-electron chi connectivity index (χ4n) is 3.89. The molecule has 2 aromatic rings. The standard InChI is InChI=1S/C21H24N4O5S/c1-3-30-19(27)13-8-9-16-18(13)23-20(31-16)22-17(26)12-24-10-11-25(21(24)28)14-6-4-5-7-15(14)29-2/h4-7,13H,3,8-12H2,1-2H3,(H,22,23,26). The smallest absolute Gasteiger partial charge is 0.325 e. The Morgan fingerprint density at radius 3 is 2.87 bits per heavy atom. The zero-order valence-electron chi connectivity index (χ0n) is 17.4. The van der Waals surface area contributed by atoms with Crippen molar-refractivity contribution in [1.82, 2.24) is 9.88 Å². The summed E-state index contributed by atoms with van der Waals surface area (Å²) in [5.41, 5.74) is 1.37. The van der Waals surface area contributed by atoms with Gasteiger partial charge in [0.05, 0.1) is 25.1 Å². The fraction of sp³-hybridized carbons (Fsp3) is 0.429. The number of hydrogen-bond acceptors (Lipinski definition) is 7. The second kappa shape index (κ2) is 8.93. The van der Waals surface area contributed by atoms with Crippen molar-refractivity contribution < 1.29 is 23.9 Å². The zero-order valence-corrected chi connectivity index (χ0v) is 18.2. The Hall–Kier alpha value is -3.14. The Kier molecular flexibility index (Phi) is 6.08. The molecule has 1 atom stereocenters. The van der Waals surface area contributed by atoms with E-state index in [0.717, 1.165) is 11.3 Å². The average Bonchev–Trinajstić information content (AvgIpc) is 3.43. The number of carbonyl (C=O) groups is 3. The molecule has 1 aromatic heterocycles. The molecule has 1 aliphatic heterocycles. The lowest BCUT2D eigenvalue weighted by Crippen LogP contribution is -2.37. The molecule has 31 heavy (non-hydrogen) atoms. The second-order valence-corrected chi connectivity index (χ2v) is 8.33. The van der Waals surface area contributed by atoms with E-state index in [1.807, 2.05) is 18.2 Å². The number of fused-ring (bicyclic) bond motifs is 1. The van der Waals surface area contributed by atoms with Crippen LogP contribution >= 0.6 is 11.3 Å². The lowest BCUT2D eigenvalue weighted by Gasteiger charge is -2.20. The highest BCUT2D eigenvalue weighted by molar-refractivity contribution is 7.16. The largest absolute Gasteiger partial charge is 0.495 e. The second-order valence-electron chi connectivity index (χ2n) is 7.25. The number of hydrogen-bond donors (Lipinski definition) is 1. The van der Waals surface area contributed by atoms with Crippen LogP contribution in [0.25, 0.3) is 0 Å². The summed E-state index contributed by atoms with van der Waals surface area (Å²) in [4.78, 5) is 46.0. The van der Waals surface area contributed by atoms with E-state index in [0.29, 0.717) is 48.4 Å². The molecule has 3 amide bonds. The first-order valence-corrected chi connectivity index (χ1v) is 11.0. The van der Waals surface area contributed by atoms with Crippen molar-refractivity contribution in [1.29, 1.82) is 0 Å². The van der Waals surface area contributed by atoms with Crippen LogP contribution in [0.1, 0.15) is 29.8 Å². The maximum Gasteiger partial charge on any atom is 0.325 e. The number of carbonyl (C=O) groups excluding carboxylic acids is 3. The van der Waals surface area contributed by atoms with Gasteiger partial charge in [-0.25, -0.2) is 9.78 Å². The molecule has 0 radical (unpaired) electrons. The minimum absolute atomic E-state index is 0.0734. The molecule has 164 valence electrons. The van der Waals surface area contributed by atoms with Crippen molar-refractivity contribution in [2.75, 3.05) is 43.6 Å². The number of thiazole rings is 1. The number of esters is 1. The summed E-state index contributed by atoms with van der Waals surface area (Å²) >= 11 is 1.37. The highest BCUT2D eigenvalue weighted by Gasteiger charge is 2.35. The van der Waals surface area contributed by atoms with Gasteiger partial charge in [0, 0.05) is 18.0 Å². The van der Waals surface area contributed by atoms with Crippen molar-refractivity contribution in [3.8, 4) is 5.75 Å². The first-order valence-electron chi connectivity index (χ1n) is 10.2. The number of nitrogens with zero attached hydrogens (tertiary/aromatic N) is 3. The summed E-state index contributed by atoms with van der Waals surface area (Å²) in [7, 11) is 1.56. The number of nitrogens with one attached hydrogen (secondary N) is 1. The lowest BCUT2D eigenvalue weighted by molar-refractivity contribution is -0.145. The molecule has 1 N–H and O–H groups in total. The number of amides is 3. The molecule has 1 unspecified atom stereocenters. The topological polar surface area (TPSA) is 101 Å². The minimum Gasteiger partial charge on any atom is -0.495 e. The van der Waals surface area contributed by atoms with Gasteiger partial charge in [-0.2, -0.15) is 0 Å². The molecule has 1 saturated heterocycles. The number of para-hydroxylation sites is 2. The average molecular weight is 445 g/mol. The molecule has 1 aliphatic carbocycles. The van der Waals surface area contributed by atoms with Gasteiger partial charge >= 0.3 is 12.0 Å². The first-order chi connectivity index (χ1) is 15.0. The SMILES string of the molecule is CCOC(=O)C1CCc2sc(NC(=O)CN3CCN(c4ccccc4OC)C3=O)nc21. The third-order valence-electron chi connectivity index (χ3n) is 5.34. The predicted octanol–water partition coefficient (Wildman–Crippen LogP) is 2.63. The molecule has 4 rings (SSSR count). The number of urea groups is 1. The summed E-state index contributed by atoms with van der Waals surface area (Å²) in [6.45, 7) is 2.93. The Morgan fingerprint density at radius 2 is 2.10 bits per heavy atom. The number of aryl methyl sites for hydroxylation is 1. The lowest BCUT2D eigenvalue weighted by atomic mass is 10.1. The van der Waals surface area contributed by atoms with Gasteiger partial charge in [0.15, 0.2) is 5.13 Å². The van der Waals surface area contributed by atoms with Crippen LogP contribution in [0.15, 0.2) is 24.3 Å². The van der Waals surface area contributed by atoms with Crippen LogP contribution in [0.5, 0.6) is 5.75 Å². The predicted molar refractivity (Wildman–Crippen MR) is 116 cm³/mol. The molecule has 1 aromatic carbocycles. The quantitative estimate of drug-likeness (QED) is 0.659. The summed E-state index contributed by atoms with van der Waals surface area (Å²) in [5, 5.41) is 3.21. The van der Waals surface area contributed by atoms with Gasteiger partial charge in [-0.3, -0.25) is 14.5 Å². The van der Waals surface area contributed by atoms with E-state index < -0.39 is 0 Å². The summed E-state index contributed by atoms with van der Waals surface area (Å²) in [6, 6.07) is 7.04. The van der Waals surface area contributed by atoms with Gasteiger partial charge in [0.25, 0.3) is 0 Å². The van der Waals surface area contributed by atoms with Gasteiger partial charge in [-0.05, 0) is 31.9 Å². The van der Waals surface area contributed by atoms with E-state index >= 15 is 0 Å². The monoisotopic (exact) mass is 444 g/mol. The molecular formula is C21H24N4O5S. The van der Waals surface area contributed by atoms with Crippen molar-refractivity contribution in [2.45, 2.75) is 25.7 Å². The Balaban J connectivity index is 1.37. The zero-order chi connectivity index (χ0) is 22.0. The molecule has 0 bridgehead atoms. The number of anilines is 2. The summed E-state index contributed by atoms with van der Waals surface area (Å²) in [5.74, 6) is -0.360. The molecule has 9 nitrogen and oxygen atoms in total. The van der Waals surface area contributed by atoms with E-state index in [1.54, 1.807) is 25.0 Å². The number of ether oxygens (including phenoxy) is 2. The van der Waals surface area contributed by atoms with Crippen molar-refractivity contribution in [2.24, 2.45) is 0 Å². The van der Waals surface area contributed by atoms with Gasteiger partial charge in [0.1, 0.15) is 18.2 Å². The van der Waals surface area contributed by atoms with Gasteiger partial charge in [0.2, 0.25) is 5.91 Å². The maximum atomic E-state index is 12.8. The van der Waals surface area contributed by atoms with Crippen molar-refractivity contribution in [3.63, 3.8) is 0 Å². The number of benzene rings is 1. The van der Waals surface area contributed by atoms with Crippen molar-refractivity contribution in [3.05, 3.63) is 34.8 Å². The molecule has 2 heterocycles. The van der Waals surface area contributed by atoms with E-state index in [4.69, 9.17) is 9.47 Å². The van der Waals surface area contributed by atoms with Gasteiger partial charge < -0.3 is 19.7 Å². The van der Waals surface area contributed by atoms with E-state index in [1.165, 1.54) is 16.2 Å². The highest BCUT2D eigenvalue weighted by Crippen LogP contribution is 2.39. The van der Waals surface area contributed by atoms with E-state index in [9.17, 15) is 14.4 Å². The van der Waals surface area contributed by atoms with Crippen molar-refractivity contribution >= 4 is 40.1 Å². The summed E-state index contributed by atoms with van der Waals surface area (Å²) < 4.78 is 10.5.